The summed E-state index contributed by atoms with van der Waals surface area (Å²) in [5.74, 6) is 0.365. The SMILES string of the molecule is CC1(C)CC(c2ccccc2)C(CBr)=NO1. The molecule has 2 rings (SSSR count). The minimum absolute atomic E-state index is 0.174. The Balaban J connectivity index is 2.31. The summed E-state index contributed by atoms with van der Waals surface area (Å²) in [6.45, 7) is 4.16. The molecule has 1 atom stereocenters. The third kappa shape index (κ3) is 2.46. The van der Waals surface area contributed by atoms with E-state index in [1.807, 2.05) is 6.07 Å². The molecular formula is C13H16BrNO. The summed E-state index contributed by atoms with van der Waals surface area (Å²) in [5.41, 5.74) is 2.22. The van der Waals surface area contributed by atoms with Crippen molar-refractivity contribution in [1.29, 1.82) is 0 Å². The molecule has 1 unspecified atom stereocenters. The molecule has 0 aliphatic carbocycles. The third-order valence-electron chi connectivity index (χ3n) is 2.85. The van der Waals surface area contributed by atoms with E-state index in [2.05, 4.69) is 59.2 Å². The minimum atomic E-state index is -0.174. The van der Waals surface area contributed by atoms with Crippen molar-refractivity contribution in [3.05, 3.63) is 35.9 Å². The van der Waals surface area contributed by atoms with E-state index in [1.54, 1.807) is 0 Å². The average Bonchev–Trinajstić information content (AvgIpc) is 2.29. The first-order chi connectivity index (χ1) is 7.62. The monoisotopic (exact) mass is 281 g/mol. The van der Waals surface area contributed by atoms with E-state index in [0.717, 1.165) is 17.5 Å². The van der Waals surface area contributed by atoms with E-state index in [1.165, 1.54) is 5.56 Å². The van der Waals surface area contributed by atoms with E-state index in [0.29, 0.717) is 5.92 Å². The van der Waals surface area contributed by atoms with Crippen molar-refractivity contribution < 1.29 is 4.84 Å². The normalized spacial score (nSPS) is 23.4. The Kier molecular flexibility index (Phi) is 3.33. The van der Waals surface area contributed by atoms with Gasteiger partial charge >= 0.3 is 0 Å². The maximum Gasteiger partial charge on any atom is 0.133 e. The zero-order chi connectivity index (χ0) is 11.6. The summed E-state index contributed by atoms with van der Waals surface area (Å²) in [6, 6.07) is 10.5. The lowest BCUT2D eigenvalue weighted by molar-refractivity contribution is -0.0327. The zero-order valence-electron chi connectivity index (χ0n) is 9.61. The standard InChI is InChI=1S/C13H16BrNO/c1-13(2)8-11(12(9-14)15-16-13)10-6-4-3-5-7-10/h3-7,11H,8-9H2,1-2H3. The smallest absolute Gasteiger partial charge is 0.133 e. The van der Waals surface area contributed by atoms with E-state index < -0.39 is 0 Å². The van der Waals surface area contributed by atoms with Crippen LogP contribution in [0.2, 0.25) is 0 Å². The van der Waals surface area contributed by atoms with E-state index in [9.17, 15) is 0 Å². The van der Waals surface area contributed by atoms with Gasteiger partial charge in [0.05, 0.1) is 5.71 Å². The Morgan fingerprint density at radius 3 is 2.69 bits per heavy atom. The molecule has 2 nitrogen and oxygen atoms in total. The Morgan fingerprint density at radius 2 is 2.06 bits per heavy atom. The molecule has 1 heterocycles. The number of rotatable bonds is 2. The Bertz CT molecular complexity index is 386. The number of oxime groups is 1. The van der Waals surface area contributed by atoms with Crippen molar-refractivity contribution in [1.82, 2.24) is 0 Å². The van der Waals surface area contributed by atoms with E-state index in [4.69, 9.17) is 4.84 Å². The van der Waals surface area contributed by atoms with E-state index >= 15 is 0 Å². The van der Waals surface area contributed by atoms with Gasteiger partial charge in [0.1, 0.15) is 5.60 Å². The van der Waals surface area contributed by atoms with Crippen molar-refractivity contribution in [3.63, 3.8) is 0 Å². The van der Waals surface area contributed by atoms with Gasteiger partial charge in [-0.2, -0.15) is 0 Å². The molecular weight excluding hydrogens is 266 g/mol. The second kappa shape index (κ2) is 4.58. The molecule has 0 fully saturated rings. The van der Waals surface area contributed by atoms with Crippen LogP contribution in [0.25, 0.3) is 0 Å². The summed E-state index contributed by atoms with van der Waals surface area (Å²) in [4.78, 5) is 5.48. The number of alkyl halides is 1. The molecule has 0 bridgehead atoms. The van der Waals surface area contributed by atoms with Gasteiger partial charge in [-0.25, -0.2) is 0 Å². The van der Waals surface area contributed by atoms with Gasteiger partial charge in [-0.15, -0.1) is 0 Å². The molecule has 0 spiro atoms. The summed E-state index contributed by atoms with van der Waals surface area (Å²) in [6.07, 6.45) is 0.974. The number of nitrogens with zero attached hydrogens (tertiary/aromatic N) is 1. The number of halogens is 1. The summed E-state index contributed by atoms with van der Waals surface area (Å²) in [5, 5.41) is 4.99. The highest BCUT2D eigenvalue weighted by molar-refractivity contribution is 9.09. The molecule has 86 valence electrons. The van der Waals surface area contributed by atoms with Crippen molar-refractivity contribution in [3.8, 4) is 0 Å². The molecule has 0 N–H and O–H groups in total. The maximum atomic E-state index is 5.48. The largest absolute Gasteiger partial charge is 0.390 e. The molecule has 0 aromatic heterocycles. The van der Waals surface area contributed by atoms with Crippen LogP contribution >= 0.6 is 15.9 Å². The van der Waals surface area contributed by atoms with Crippen LogP contribution in [0.3, 0.4) is 0 Å². The second-order valence-electron chi connectivity index (χ2n) is 4.73. The van der Waals surface area contributed by atoms with Crippen LogP contribution in [0.15, 0.2) is 35.5 Å². The van der Waals surface area contributed by atoms with Crippen LogP contribution in [-0.4, -0.2) is 16.6 Å². The average molecular weight is 282 g/mol. The Labute approximate surface area is 105 Å². The molecule has 0 radical (unpaired) electrons. The fourth-order valence-corrected chi connectivity index (χ4v) is 2.50. The van der Waals surface area contributed by atoms with E-state index in [-0.39, 0.29) is 5.60 Å². The van der Waals surface area contributed by atoms with Gasteiger partial charge in [0.15, 0.2) is 0 Å². The Hall–Kier alpha value is -0.830. The fraction of sp³-hybridized carbons (Fsp3) is 0.462. The molecule has 0 saturated carbocycles. The molecule has 1 aliphatic rings. The van der Waals surface area contributed by atoms with Gasteiger partial charge in [0.25, 0.3) is 0 Å². The van der Waals surface area contributed by atoms with Crippen molar-refractivity contribution in [2.75, 3.05) is 5.33 Å². The number of benzene rings is 1. The predicted molar refractivity (Wildman–Crippen MR) is 70.2 cm³/mol. The first-order valence-corrected chi connectivity index (χ1v) is 6.60. The number of hydrogen-bond acceptors (Lipinski definition) is 2. The van der Waals surface area contributed by atoms with Crippen molar-refractivity contribution in [2.24, 2.45) is 5.16 Å². The summed E-state index contributed by atoms with van der Waals surface area (Å²) >= 11 is 3.48. The minimum Gasteiger partial charge on any atom is -0.390 e. The first-order valence-electron chi connectivity index (χ1n) is 5.48. The van der Waals surface area contributed by atoms with Crippen molar-refractivity contribution in [2.45, 2.75) is 31.8 Å². The van der Waals surface area contributed by atoms with Crippen molar-refractivity contribution >= 4 is 21.6 Å². The van der Waals surface area contributed by atoms with Crippen LogP contribution in [0.1, 0.15) is 31.7 Å². The third-order valence-corrected chi connectivity index (χ3v) is 3.42. The molecule has 1 aromatic carbocycles. The summed E-state index contributed by atoms with van der Waals surface area (Å²) in [7, 11) is 0. The topological polar surface area (TPSA) is 21.6 Å². The maximum absolute atomic E-state index is 5.48. The van der Waals surface area contributed by atoms with Gasteiger partial charge < -0.3 is 4.84 Å². The highest BCUT2D eigenvalue weighted by Gasteiger charge is 2.33. The molecule has 0 saturated heterocycles. The predicted octanol–water partition coefficient (Wildman–Crippen LogP) is 3.72. The lowest BCUT2D eigenvalue weighted by Crippen LogP contribution is -2.34. The Morgan fingerprint density at radius 1 is 1.38 bits per heavy atom. The van der Waals surface area contributed by atoms with Crippen LogP contribution in [0.5, 0.6) is 0 Å². The van der Waals surface area contributed by atoms with Crippen LogP contribution in [0, 0.1) is 0 Å². The molecule has 3 heteroatoms. The van der Waals surface area contributed by atoms with Gasteiger partial charge in [0.2, 0.25) is 0 Å². The van der Waals surface area contributed by atoms with Crippen LogP contribution in [0.4, 0.5) is 0 Å². The van der Waals surface area contributed by atoms with Gasteiger partial charge in [0, 0.05) is 17.7 Å². The molecule has 0 amide bonds. The number of hydrogen-bond donors (Lipinski definition) is 0. The van der Waals surface area contributed by atoms with Crippen LogP contribution in [-0.2, 0) is 4.84 Å². The lowest BCUT2D eigenvalue weighted by atomic mass is 9.84. The van der Waals surface area contributed by atoms with Gasteiger partial charge in [-0.1, -0.05) is 51.4 Å². The lowest BCUT2D eigenvalue weighted by Gasteiger charge is -2.33. The zero-order valence-corrected chi connectivity index (χ0v) is 11.2. The molecule has 1 aromatic rings. The highest BCUT2D eigenvalue weighted by atomic mass is 79.9. The summed E-state index contributed by atoms with van der Waals surface area (Å²) < 4.78 is 0. The second-order valence-corrected chi connectivity index (χ2v) is 5.30. The molecule has 1 aliphatic heterocycles. The van der Waals surface area contributed by atoms with Gasteiger partial charge in [-0.3, -0.25) is 0 Å². The van der Waals surface area contributed by atoms with Crippen LogP contribution < -0.4 is 0 Å². The molecule has 16 heavy (non-hydrogen) atoms. The first kappa shape index (κ1) is 11.6. The quantitative estimate of drug-likeness (QED) is 0.757. The fourth-order valence-electron chi connectivity index (χ4n) is 2.01. The highest BCUT2D eigenvalue weighted by Crippen LogP contribution is 2.34. The van der Waals surface area contributed by atoms with Gasteiger partial charge in [-0.05, 0) is 19.4 Å².